The number of carbonyl (C=O) groups excluding carboxylic acids is 1. The van der Waals surface area contributed by atoms with Gasteiger partial charge in [-0.2, -0.15) is 0 Å². The normalized spacial score (nSPS) is 12.2. The number of carbonyl (C=O) groups is 1. The number of aryl methyl sites for hydroxylation is 1. The fourth-order valence-corrected chi connectivity index (χ4v) is 3.19. The van der Waals surface area contributed by atoms with Crippen molar-refractivity contribution in [1.82, 2.24) is 15.5 Å². The van der Waals surface area contributed by atoms with Gasteiger partial charge in [0.25, 0.3) is 5.22 Å². The van der Waals surface area contributed by atoms with Crippen molar-refractivity contribution in [3.63, 3.8) is 0 Å². The number of hydrogen-bond acceptors (Lipinski definition) is 7. The Kier molecular flexibility index (Phi) is 4.97. The average molecular weight is 383 g/mol. The molecule has 0 spiro atoms. The molecule has 2 aromatic carbocycles. The van der Waals surface area contributed by atoms with E-state index in [1.807, 2.05) is 49.4 Å². The number of fused-ring (bicyclic) bond motifs is 1. The topological polar surface area (TPSA) is 86.5 Å². The molecule has 0 radical (unpaired) electrons. The van der Waals surface area contributed by atoms with Crippen molar-refractivity contribution in [3.05, 3.63) is 53.6 Å². The lowest BCUT2D eigenvalue weighted by Crippen LogP contribution is -2.24. The minimum absolute atomic E-state index is 0.118. The van der Waals surface area contributed by atoms with E-state index < -0.39 is 0 Å². The molecule has 1 amide bonds. The van der Waals surface area contributed by atoms with Gasteiger partial charge in [0.05, 0.1) is 5.75 Å². The summed E-state index contributed by atoms with van der Waals surface area (Å²) in [6, 6.07) is 13.4. The van der Waals surface area contributed by atoms with Crippen molar-refractivity contribution in [2.45, 2.75) is 18.7 Å². The molecule has 3 aromatic rings. The van der Waals surface area contributed by atoms with Crippen LogP contribution in [0, 0.1) is 6.92 Å². The van der Waals surface area contributed by atoms with Gasteiger partial charge in [0, 0.05) is 12.1 Å². The highest BCUT2D eigenvalue weighted by atomic mass is 32.2. The first-order chi connectivity index (χ1) is 13.2. The quantitative estimate of drug-likeness (QED) is 0.654. The Hall–Kier alpha value is -3.00. The molecule has 0 saturated carbocycles. The van der Waals surface area contributed by atoms with Gasteiger partial charge in [-0.3, -0.25) is 4.79 Å². The molecule has 7 nitrogen and oxygen atoms in total. The summed E-state index contributed by atoms with van der Waals surface area (Å²) < 4.78 is 16.2. The van der Waals surface area contributed by atoms with Gasteiger partial charge in [-0.1, -0.05) is 35.5 Å². The van der Waals surface area contributed by atoms with Crippen LogP contribution in [0.4, 0.5) is 0 Å². The summed E-state index contributed by atoms with van der Waals surface area (Å²) in [4.78, 5) is 12.1. The van der Waals surface area contributed by atoms with Crippen molar-refractivity contribution >= 4 is 17.7 Å². The van der Waals surface area contributed by atoms with Gasteiger partial charge >= 0.3 is 0 Å². The lowest BCUT2D eigenvalue weighted by atomic mass is 10.1. The maximum Gasteiger partial charge on any atom is 0.277 e. The van der Waals surface area contributed by atoms with E-state index in [0.717, 1.165) is 22.4 Å². The van der Waals surface area contributed by atoms with Crippen molar-refractivity contribution in [1.29, 1.82) is 0 Å². The second-order valence-corrected chi connectivity index (χ2v) is 6.92. The van der Waals surface area contributed by atoms with Gasteiger partial charge in [0.2, 0.25) is 18.6 Å². The number of benzene rings is 2. The van der Waals surface area contributed by atoms with Crippen molar-refractivity contribution in [2.24, 2.45) is 0 Å². The third-order valence-electron chi connectivity index (χ3n) is 3.92. The Morgan fingerprint density at radius 2 is 2.04 bits per heavy atom. The molecule has 2 heterocycles. The molecule has 27 heavy (non-hydrogen) atoms. The maximum absolute atomic E-state index is 12.1. The summed E-state index contributed by atoms with van der Waals surface area (Å²) in [5.41, 5.74) is 2.92. The molecule has 0 fully saturated rings. The van der Waals surface area contributed by atoms with E-state index in [9.17, 15) is 4.79 Å². The number of nitrogens with one attached hydrogen (secondary N) is 1. The number of ether oxygens (including phenoxy) is 2. The van der Waals surface area contributed by atoms with Gasteiger partial charge in [-0.05, 0) is 36.8 Å². The van der Waals surface area contributed by atoms with E-state index in [0.29, 0.717) is 23.4 Å². The summed E-state index contributed by atoms with van der Waals surface area (Å²) in [6.07, 6.45) is 0. The molecular weight excluding hydrogens is 366 g/mol. The molecular formula is C19H17N3O4S. The smallest absolute Gasteiger partial charge is 0.277 e. The predicted molar refractivity (Wildman–Crippen MR) is 99.6 cm³/mol. The summed E-state index contributed by atoms with van der Waals surface area (Å²) in [5, 5.41) is 11.3. The van der Waals surface area contributed by atoms with E-state index in [-0.39, 0.29) is 18.5 Å². The number of rotatable bonds is 6. The van der Waals surface area contributed by atoms with Crippen LogP contribution >= 0.6 is 11.8 Å². The van der Waals surface area contributed by atoms with Gasteiger partial charge in [-0.15, -0.1) is 10.2 Å². The van der Waals surface area contributed by atoms with Crippen LogP contribution in [0.3, 0.4) is 0 Å². The Labute approximate surface area is 160 Å². The predicted octanol–water partition coefficient (Wildman–Crippen LogP) is 3.18. The number of nitrogens with zero attached hydrogens (tertiary/aromatic N) is 2. The minimum Gasteiger partial charge on any atom is -0.454 e. The van der Waals surface area contributed by atoms with E-state index >= 15 is 0 Å². The van der Waals surface area contributed by atoms with Crippen LogP contribution in [0.25, 0.3) is 11.5 Å². The highest BCUT2D eigenvalue weighted by Gasteiger charge is 2.14. The van der Waals surface area contributed by atoms with Gasteiger partial charge in [0.1, 0.15) is 0 Å². The molecule has 138 valence electrons. The Balaban J connectivity index is 1.28. The molecule has 1 N–H and O–H groups in total. The van der Waals surface area contributed by atoms with E-state index in [4.69, 9.17) is 13.9 Å². The van der Waals surface area contributed by atoms with Crippen molar-refractivity contribution in [2.75, 3.05) is 12.5 Å². The van der Waals surface area contributed by atoms with Crippen LogP contribution in [-0.4, -0.2) is 28.7 Å². The van der Waals surface area contributed by atoms with Crippen molar-refractivity contribution < 1.29 is 18.7 Å². The van der Waals surface area contributed by atoms with Crippen molar-refractivity contribution in [3.8, 4) is 23.0 Å². The largest absolute Gasteiger partial charge is 0.454 e. The maximum atomic E-state index is 12.1. The second-order valence-electron chi connectivity index (χ2n) is 6.00. The standard InChI is InChI=1S/C19H17N3O4S/c1-12-3-2-4-14(7-12)18-21-22-19(26-18)27-10-17(23)20-9-13-5-6-15-16(8-13)25-11-24-15/h2-8H,9-11H2,1H3,(H,20,23). The summed E-state index contributed by atoms with van der Waals surface area (Å²) in [5.74, 6) is 1.95. The third-order valence-corrected chi connectivity index (χ3v) is 4.74. The number of amides is 1. The Morgan fingerprint density at radius 3 is 2.93 bits per heavy atom. The highest BCUT2D eigenvalue weighted by Crippen LogP contribution is 2.32. The second kappa shape index (κ2) is 7.71. The monoisotopic (exact) mass is 383 g/mol. The summed E-state index contributed by atoms with van der Waals surface area (Å²) in [6.45, 7) is 2.64. The first kappa shape index (κ1) is 17.4. The fourth-order valence-electron chi connectivity index (χ4n) is 2.59. The molecule has 0 bridgehead atoms. The molecule has 0 unspecified atom stereocenters. The van der Waals surface area contributed by atoms with Gasteiger partial charge in [-0.25, -0.2) is 0 Å². The van der Waals surface area contributed by atoms with Crippen LogP contribution in [0.1, 0.15) is 11.1 Å². The van der Waals surface area contributed by atoms with Crippen LogP contribution in [-0.2, 0) is 11.3 Å². The lowest BCUT2D eigenvalue weighted by molar-refractivity contribution is -0.118. The first-order valence-corrected chi connectivity index (χ1v) is 9.34. The zero-order valence-corrected chi connectivity index (χ0v) is 15.4. The fraction of sp³-hybridized carbons (Fsp3) is 0.211. The van der Waals surface area contributed by atoms with E-state index in [1.54, 1.807) is 0 Å². The lowest BCUT2D eigenvalue weighted by Gasteiger charge is -2.05. The third kappa shape index (κ3) is 4.22. The Bertz CT molecular complexity index is 973. The van der Waals surface area contributed by atoms with E-state index in [1.165, 1.54) is 11.8 Å². The van der Waals surface area contributed by atoms with Crippen LogP contribution in [0.15, 0.2) is 52.1 Å². The molecule has 8 heteroatoms. The molecule has 1 aliphatic rings. The zero-order chi connectivity index (χ0) is 18.6. The summed E-state index contributed by atoms with van der Waals surface area (Å²) in [7, 11) is 0. The van der Waals surface area contributed by atoms with Gasteiger partial charge in [0.15, 0.2) is 11.5 Å². The van der Waals surface area contributed by atoms with E-state index in [2.05, 4.69) is 15.5 Å². The van der Waals surface area contributed by atoms with Gasteiger partial charge < -0.3 is 19.2 Å². The zero-order valence-electron chi connectivity index (χ0n) is 14.6. The summed E-state index contributed by atoms with van der Waals surface area (Å²) >= 11 is 1.21. The van der Waals surface area contributed by atoms with Crippen LogP contribution in [0.5, 0.6) is 11.5 Å². The molecule has 0 saturated heterocycles. The molecule has 1 aromatic heterocycles. The number of hydrogen-bond donors (Lipinski definition) is 1. The SMILES string of the molecule is Cc1cccc(-c2nnc(SCC(=O)NCc3ccc4c(c3)OCO4)o2)c1. The van der Waals surface area contributed by atoms with Crippen LogP contribution < -0.4 is 14.8 Å². The molecule has 1 aliphatic heterocycles. The Morgan fingerprint density at radius 1 is 1.15 bits per heavy atom. The number of thioether (sulfide) groups is 1. The molecule has 0 aliphatic carbocycles. The average Bonchev–Trinajstić information content (AvgIpc) is 3.33. The number of aromatic nitrogens is 2. The van der Waals surface area contributed by atoms with Crippen LogP contribution in [0.2, 0.25) is 0 Å². The molecule has 0 atom stereocenters. The molecule has 4 rings (SSSR count). The minimum atomic E-state index is -0.118. The first-order valence-electron chi connectivity index (χ1n) is 8.36. The highest BCUT2D eigenvalue weighted by molar-refractivity contribution is 7.99.